The quantitative estimate of drug-likeness (QED) is 0.665. The molecule has 0 aliphatic carbocycles. The van der Waals surface area contributed by atoms with Crippen molar-refractivity contribution in [3.63, 3.8) is 0 Å². The van der Waals surface area contributed by atoms with Gasteiger partial charge in [0, 0.05) is 5.69 Å². The standard InChI is InChI=1S/C20H21NO2/c1-4-5-9-16(2)14-23-20-19(13-12-17(3)21-20)22-15-18-10-7-6-8-11-18/h4-13H,1-2,14-15H2,3H3/b9-5-. The zero-order valence-corrected chi connectivity index (χ0v) is 13.4. The van der Waals surface area contributed by atoms with E-state index >= 15 is 0 Å². The highest BCUT2D eigenvalue weighted by Gasteiger charge is 2.08. The van der Waals surface area contributed by atoms with Crippen LogP contribution in [-0.4, -0.2) is 11.6 Å². The first-order chi connectivity index (χ1) is 11.2. The van der Waals surface area contributed by atoms with Crippen LogP contribution in [0.3, 0.4) is 0 Å². The van der Waals surface area contributed by atoms with Crippen molar-refractivity contribution in [2.45, 2.75) is 13.5 Å². The number of aryl methyl sites for hydroxylation is 1. The fraction of sp³-hybridized carbons (Fsp3) is 0.150. The molecule has 1 heterocycles. The van der Waals surface area contributed by atoms with Crippen molar-refractivity contribution in [1.82, 2.24) is 4.98 Å². The summed E-state index contributed by atoms with van der Waals surface area (Å²) in [6.45, 7) is 10.3. The number of ether oxygens (including phenoxy) is 2. The Morgan fingerprint density at radius 1 is 1.13 bits per heavy atom. The SMILES string of the molecule is C=C/C=C\C(=C)COc1nc(C)ccc1OCc1ccccc1. The fourth-order valence-electron chi connectivity index (χ4n) is 1.88. The van der Waals surface area contributed by atoms with E-state index in [0.29, 0.717) is 24.8 Å². The molecule has 0 fully saturated rings. The van der Waals surface area contributed by atoms with E-state index in [1.165, 1.54) is 0 Å². The molecular weight excluding hydrogens is 286 g/mol. The summed E-state index contributed by atoms with van der Waals surface area (Å²) in [5.41, 5.74) is 2.80. The van der Waals surface area contributed by atoms with Gasteiger partial charge in [0.15, 0.2) is 5.75 Å². The van der Waals surface area contributed by atoms with E-state index in [1.54, 1.807) is 6.08 Å². The number of pyridine rings is 1. The van der Waals surface area contributed by atoms with Crippen LogP contribution in [0.5, 0.6) is 11.6 Å². The van der Waals surface area contributed by atoms with Gasteiger partial charge in [-0.25, -0.2) is 4.98 Å². The number of nitrogens with zero attached hydrogens (tertiary/aromatic N) is 1. The normalized spacial score (nSPS) is 10.5. The van der Waals surface area contributed by atoms with Crippen LogP contribution < -0.4 is 9.47 Å². The minimum Gasteiger partial charge on any atom is -0.483 e. The molecule has 0 aliphatic heterocycles. The first-order valence-corrected chi connectivity index (χ1v) is 7.43. The second kappa shape index (κ2) is 8.59. The van der Waals surface area contributed by atoms with Crippen molar-refractivity contribution >= 4 is 0 Å². The summed E-state index contributed by atoms with van der Waals surface area (Å²) >= 11 is 0. The summed E-state index contributed by atoms with van der Waals surface area (Å²) in [5, 5.41) is 0. The third-order valence-corrected chi connectivity index (χ3v) is 3.06. The Balaban J connectivity index is 2.03. The smallest absolute Gasteiger partial charge is 0.257 e. The molecule has 0 N–H and O–H groups in total. The van der Waals surface area contributed by atoms with Gasteiger partial charge in [0.1, 0.15) is 13.2 Å². The van der Waals surface area contributed by atoms with Crippen LogP contribution in [0.1, 0.15) is 11.3 Å². The van der Waals surface area contributed by atoms with Gasteiger partial charge in [-0.1, -0.05) is 61.7 Å². The van der Waals surface area contributed by atoms with Crippen LogP contribution in [0.15, 0.2) is 79.4 Å². The number of allylic oxidation sites excluding steroid dienone is 2. The number of hydrogen-bond donors (Lipinski definition) is 0. The van der Waals surface area contributed by atoms with Crippen molar-refractivity contribution in [3.05, 3.63) is 90.7 Å². The Bertz CT molecular complexity index is 690. The van der Waals surface area contributed by atoms with E-state index in [9.17, 15) is 0 Å². The maximum absolute atomic E-state index is 5.84. The highest BCUT2D eigenvalue weighted by atomic mass is 16.5. The second-order valence-electron chi connectivity index (χ2n) is 5.07. The van der Waals surface area contributed by atoms with E-state index in [1.807, 2.05) is 61.5 Å². The van der Waals surface area contributed by atoms with Crippen molar-refractivity contribution in [2.24, 2.45) is 0 Å². The minimum atomic E-state index is 0.350. The Labute approximate surface area is 137 Å². The van der Waals surface area contributed by atoms with Crippen molar-refractivity contribution in [3.8, 4) is 11.6 Å². The van der Waals surface area contributed by atoms with E-state index in [2.05, 4.69) is 18.1 Å². The summed E-state index contributed by atoms with van der Waals surface area (Å²) in [5.74, 6) is 1.11. The molecule has 0 saturated carbocycles. The van der Waals surface area contributed by atoms with Gasteiger partial charge in [-0.3, -0.25) is 0 Å². The first kappa shape index (κ1) is 16.6. The predicted octanol–water partition coefficient (Wildman–Crippen LogP) is 4.65. The van der Waals surface area contributed by atoms with Crippen molar-refractivity contribution in [1.29, 1.82) is 0 Å². The molecule has 23 heavy (non-hydrogen) atoms. The molecule has 1 aromatic carbocycles. The van der Waals surface area contributed by atoms with Crippen LogP contribution in [-0.2, 0) is 6.61 Å². The lowest BCUT2D eigenvalue weighted by Gasteiger charge is -2.12. The summed E-state index contributed by atoms with van der Waals surface area (Å²) < 4.78 is 11.6. The number of rotatable bonds is 8. The van der Waals surface area contributed by atoms with Crippen molar-refractivity contribution < 1.29 is 9.47 Å². The molecule has 3 nitrogen and oxygen atoms in total. The topological polar surface area (TPSA) is 31.4 Å². The van der Waals surface area contributed by atoms with E-state index in [-0.39, 0.29) is 0 Å². The average molecular weight is 307 g/mol. The third-order valence-electron chi connectivity index (χ3n) is 3.06. The second-order valence-corrected chi connectivity index (χ2v) is 5.07. The van der Waals surface area contributed by atoms with Gasteiger partial charge in [-0.15, -0.1) is 0 Å². The Morgan fingerprint density at radius 3 is 2.65 bits per heavy atom. The van der Waals surface area contributed by atoms with Gasteiger partial charge in [-0.05, 0) is 30.2 Å². The largest absolute Gasteiger partial charge is 0.483 e. The molecule has 3 heteroatoms. The van der Waals surface area contributed by atoms with Crippen LogP contribution in [0.2, 0.25) is 0 Å². The maximum Gasteiger partial charge on any atom is 0.257 e. The molecule has 0 atom stereocenters. The van der Waals surface area contributed by atoms with Crippen LogP contribution >= 0.6 is 0 Å². The van der Waals surface area contributed by atoms with Gasteiger partial charge in [0.25, 0.3) is 5.88 Å². The average Bonchev–Trinajstić information content (AvgIpc) is 2.58. The molecule has 0 spiro atoms. The van der Waals surface area contributed by atoms with Crippen LogP contribution in [0, 0.1) is 6.92 Å². The van der Waals surface area contributed by atoms with Crippen LogP contribution in [0.25, 0.3) is 0 Å². The highest BCUT2D eigenvalue weighted by molar-refractivity contribution is 5.35. The number of benzene rings is 1. The van der Waals surface area contributed by atoms with Gasteiger partial charge < -0.3 is 9.47 Å². The lowest BCUT2D eigenvalue weighted by Crippen LogP contribution is -2.04. The van der Waals surface area contributed by atoms with Crippen LogP contribution in [0.4, 0.5) is 0 Å². The molecule has 2 rings (SSSR count). The summed E-state index contributed by atoms with van der Waals surface area (Å²) in [6.07, 6.45) is 5.37. The first-order valence-electron chi connectivity index (χ1n) is 7.43. The molecule has 0 amide bonds. The van der Waals surface area contributed by atoms with Gasteiger partial charge >= 0.3 is 0 Å². The lowest BCUT2D eigenvalue weighted by atomic mass is 10.2. The van der Waals surface area contributed by atoms with Gasteiger partial charge in [0.2, 0.25) is 0 Å². The minimum absolute atomic E-state index is 0.350. The van der Waals surface area contributed by atoms with Gasteiger partial charge in [0.05, 0.1) is 0 Å². The monoisotopic (exact) mass is 307 g/mol. The molecule has 2 aromatic rings. The van der Waals surface area contributed by atoms with E-state index < -0.39 is 0 Å². The Kier molecular flexibility index (Phi) is 6.18. The lowest BCUT2D eigenvalue weighted by molar-refractivity contribution is 0.266. The third kappa shape index (κ3) is 5.47. The summed E-state index contributed by atoms with van der Waals surface area (Å²) in [6, 6.07) is 13.8. The molecule has 0 bridgehead atoms. The predicted molar refractivity (Wildman–Crippen MR) is 93.7 cm³/mol. The number of hydrogen-bond acceptors (Lipinski definition) is 3. The van der Waals surface area contributed by atoms with E-state index in [4.69, 9.17) is 9.47 Å². The zero-order chi connectivity index (χ0) is 16.5. The fourth-order valence-corrected chi connectivity index (χ4v) is 1.88. The molecule has 118 valence electrons. The number of aromatic nitrogens is 1. The summed E-state index contributed by atoms with van der Waals surface area (Å²) in [7, 11) is 0. The maximum atomic E-state index is 5.84. The highest BCUT2D eigenvalue weighted by Crippen LogP contribution is 2.26. The zero-order valence-electron chi connectivity index (χ0n) is 13.4. The van der Waals surface area contributed by atoms with E-state index in [0.717, 1.165) is 16.8 Å². The summed E-state index contributed by atoms with van der Waals surface area (Å²) in [4.78, 5) is 4.41. The molecule has 1 aromatic heterocycles. The molecule has 0 unspecified atom stereocenters. The Morgan fingerprint density at radius 2 is 1.91 bits per heavy atom. The van der Waals surface area contributed by atoms with Crippen molar-refractivity contribution in [2.75, 3.05) is 6.61 Å². The Hall–Kier alpha value is -2.81. The van der Waals surface area contributed by atoms with Gasteiger partial charge in [-0.2, -0.15) is 0 Å². The molecule has 0 saturated heterocycles. The molecule has 0 aliphatic rings. The molecular formula is C20H21NO2. The molecule has 0 radical (unpaired) electrons.